The molecule has 1 aromatic carbocycles. The van der Waals surface area contributed by atoms with Crippen molar-refractivity contribution in [2.45, 2.75) is 26.7 Å². The lowest BCUT2D eigenvalue weighted by atomic mass is 10.0. The summed E-state index contributed by atoms with van der Waals surface area (Å²) in [5.41, 5.74) is 3.06. The number of nitrogens with zero attached hydrogens (tertiary/aromatic N) is 2. The predicted molar refractivity (Wildman–Crippen MR) is 79.4 cm³/mol. The smallest absolute Gasteiger partial charge is 0.354 e. The summed E-state index contributed by atoms with van der Waals surface area (Å²) < 4.78 is 1.73. The normalized spacial score (nSPS) is 10.5. The molecule has 0 spiro atoms. The van der Waals surface area contributed by atoms with Gasteiger partial charge in [-0.3, -0.25) is 4.57 Å². The molecule has 4 nitrogen and oxygen atoms in total. The molecule has 20 heavy (non-hydrogen) atoms. The first kappa shape index (κ1) is 14.1. The van der Waals surface area contributed by atoms with E-state index in [1.165, 1.54) is 6.20 Å². The van der Waals surface area contributed by atoms with Crippen LogP contribution in [0, 0.1) is 0 Å². The molecule has 0 aliphatic heterocycles. The number of hydrogen-bond acceptors (Lipinski definition) is 2. The first-order valence-electron chi connectivity index (χ1n) is 6.68. The average molecular weight is 270 g/mol. The molecule has 104 valence electrons. The summed E-state index contributed by atoms with van der Waals surface area (Å²) in [6.45, 7) is 7.84. The van der Waals surface area contributed by atoms with Crippen molar-refractivity contribution in [3.63, 3.8) is 0 Å². The molecule has 0 saturated carbocycles. The number of hydrogen-bond donors (Lipinski definition) is 1. The Hall–Kier alpha value is -2.36. The molecule has 2 aromatic rings. The average Bonchev–Trinajstić information content (AvgIpc) is 2.89. The highest BCUT2D eigenvalue weighted by atomic mass is 16.4. The fourth-order valence-corrected chi connectivity index (χ4v) is 2.37. The van der Waals surface area contributed by atoms with E-state index >= 15 is 0 Å². The maximum Gasteiger partial charge on any atom is 0.354 e. The summed E-state index contributed by atoms with van der Waals surface area (Å²) in [6, 6.07) is 5.91. The van der Waals surface area contributed by atoms with Crippen LogP contribution < -0.4 is 0 Å². The van der Waals surface area contributed by atoms with E-state index in [0.717, 1.165) is 29.1 Å². The van der Waals surface area contributed by atoms with Crippen molar-refractivity contribution < 1.29 is 9.90 Å². The molecule has 1 N–H and O–H groups in total. The number of rotatable bonds is 5. The number of carboxylic acids is 1. The van der Waals surface area contributed by atoms with Crippen molar-refractivity contribution in [1.82, 2.24) is 9.55 Å². The maximum absolute atomic E-state index is 11.4. The van der Waals surface area contributed by atoms with Crippen LogP contribution in [0.2, 0.25) is 0 Å². The lowest BCUT2D eigenvalue weighted by Crippen LogP contribution is -2.12. The third-order valence-corrected chi connectivity index (χ3v) is 3.35. The van der Waals surface area contributed by atoms with Gasteiger partial charge in [0.15, 0.2) is 5.69 Å². The molecular weight excluding hydrogens is 252 g/mol. The van der Waals surface area contributed by atoms with E-state index in [4.69, 9.17) is 0 Å². The highest BCUT2D eigenvalue weighted by molar-refractivity contribution is 5.87. The largest absolute Gasteiger partial charge is 0.477 e. The Kier molecular flexibility index (Phi) is 4.03. The van der Waals surface area contributed by atoms with Crippen LogP contribution >= 0.6 is 0 Å². The predicted octanol–water partition coefficient (Wildman–Crippen LogP) is 3.34. The van der Waals surface area contributed by atoms with Crippen molar-refractivity contribution in [2.75, 3.05) is 0 Å². The molecule has 1 heterocycles. The molecule has 4 heteroatoms. The van der Waals surface area contributed by atoms with Gasteiger partial charge in [0.05, 0.1) is 11.9 Å². The second-order valence-corrected chi connectivity index (χ2v) is 4.47. The van der Waals surface area contributed by atoms with Gasteiger partial charge < -0.3 is 5.11 Å². The Labute approximate surface area is 118 Å². The molecule has 0 aliphatic rings. The van der Waals surface area contributed by atoms with Crippen LogP contribution in [-0.2, 0) is 12.8 Å². The summed E-state index contributed by atoms with van der Waals surface area (Å²) in [6.07, 6.45) is 4.65. The summed E-state index contributed by atoms with van der Waals surface area (Å²) in [5, 5.41) is 9.38. The molecule has 0 bridgehead atoms. The Balaban J connectivity index is 2.82. The number of para-hydroxylation sites is 1. The van der Waals surface area contributed by atoms with Gasteiger partial charge in [0.25, 0.3) is 0 Å². The van der Waals surface area contributed by atoms with E-state index in [9.17, 15) is 9.90 Å². The van der Waals surface area contributed by atoms with E-state index < -0.39 is 5.97 Å². The van der Waals surface area contributed by atoms with E-state index in [0.29, 0.717) is 6.42 Å². The second-order valence-electron chi connectivity index (χ2n) is 4.47. The molecule has 0 unspecified atom stereocenters. The maximum atomic E-state index is 11.4. The van der Waals surface area contributed by atoms with Crippen LogP contribution in [0.4, 0.5) is 0 Å². The fourth-order valence-electron chi connectivity index (χ4n) is 2.37. The number of benzene rings is 1. The monoisotopic (exact) mass is 270 g/mol. The van der Waals surface area contributed by atoms with E-state index in [2.05, 4.69) is 18.5 Å². The zero-order chi connectivity index (χ0) is 14.7. The van der Waals surface area contributed by atoms with Gasteiger partial charge in [0.2, 0.25) is 0 Å². The molecule has 1 aromatic heterocycles. The zero-order valence-corrected chi connectivity index (χ0v) is 11.8. The van der Waals surface area contributed by atoms with Crippen LogP contribution in [0.5, 0.6) is 0 Å². The Morgan fingerprint density at radius 1 is 1.40 bits per heavy atom. The minimum Gasteiger partial charge on any atom is -0.477 e. The molecule has 0 saturated heterocycles. The van der Waals surface area contributed by atoms with Crippen molar-refractivity contribution in [1.29, 1.82) is 0 Å². The van der Waals surface area contributed by atoms with Gasteiger partial charge in [-0.25, -0.2) is 9.78 Å². The van der Waals surface area contributed by atoms with Crippen molar-refractivity contribution in [2.24, 2.45) is 0 Å². The van der Waals surface area contributed by atoms with Crippen LogP contribution in [0.1, 0.15) is 41.3 Å². The van der Waals surface area contributed by atoms with Crippen LogP contribution in [0.3, 0.4) is 0 Å². The summed E-state index contributed by atoms with van der Waals surface area (Å²) in [7, 11) is 0. The van der Waals surface area contributed by atoms with Gasteiger partial charge in [-0.2, -0.15) is 0 Å². The molecule has 0 aliphatic carbocycles. The Morgan fingerprint density at radius 2 is 2.15 bits per heavy atom. The quantitative estimate of drug-likeness (QED) is 0.906. The Bertz CT molecular complexity index is 656. The van der Waals surface area contributed by atoms with Crippen LogP contribution in [0.15, 0.2) is 31.0 Å². The Morgan fingerprint density at radius 3 is 2.70 bits per heavy atom. The van der Waals surface area contributed by atoms with Gasteiger partial charge in [0, 0.05) is 6.42 Å². The van der Waals surface area contributed by atoms with Gasteiger partial charge >= 0.3 is 5.97 Å². The highest BCUT2D eigenvalue weighted by Crippen LogP contribution is 2.25. The first-order valence-corrected chi connectivity index (χ1v) is 6.68. The molecular formula is C16H18N2O2. The number of imidazole rings is 1. The first-order chi connectivity index (χ1) is 9.63. The van der Waals surface area contributed by atoms with Gasteiger partial charge in [-0.15, -0.1) is 0 Å². The molecule has 0 amide bonds. The van der Waals surface area contributed by atoms with Crippen molar-refractivity contribution >= 4 is 12.0 Å². The standard InChI is InChI=1S/C16H18N2O2/c1-4-11-8-7-9-12(5-2)15(11)18-13(16(19)20)10-17-14(18)6-3/h4,7-10H,1,5-6H2,2-3H3,(H,19,20). The van der Waals surface area contributed by atoms with Crippen molar-refractivity contribution in [3.8, 4) is 5.69 Å². The lowest BCUT2D eigenvalue weighted by molar-refractivity contribution is 0.0688. The summed E-state index contributed by atoms with van der Waals surface area (Å²) in [5.74, 6) is -0.232. The third-order valence-electron chi connectivity index (χ3n) is 3.35. The van der Waals surface area contributed by atoms with E-state index in [1.807, 2.05) is 25.1 Å². The number of aromatic carboxylic acids is 1. The lowest BCUT2D eigenvalue weighted by Gasteiger charge is -2.16. The van der Waals surface area contributed by atoms with Gasteiger partial charge in [-0.05, 0) is 17.5 Å². The molecule has 0 radical (unpaired) electrons. The minimum absolute atomic E-state index is 0.186. The summed E-state index contributed by atoms with van der Waals surface area (Å²) in [4.78, 5) is 15.7. The minimum atomic E-state index is -0.974. The van der Waals surface area contributed by atoms with E-state index in [1.54, 1.807) is 10.6 Å². The molecule has 0 fully saturated rings. The van der Waals surface area contributed by atoms with Crippen molar-refractivity contribution in [3.05, 3.63) is 53.6 Å². The molecule has 0 atom stereocenters. The summed E-state index contributed by atoms with van der Waals surface area (Å²) >= 11 is 0. The number of carbonyl (C=O) groups is 1. The van der Waals surface area contributed by atoms with E-state index in [-0.39, 0.29) is 5.69 Å². The van der Waals surface area contributed by atoms with Gasteiger partial charge in [-0.1, -0.05) is 44.7 Å². The fraction of sp³-hybridized carbons (Fsp3) is 0.250. The zero-order valence-electron chi connectivity index (χ0n) is 11.8. The third kappa shape index (κ3) is 2.25. The second kappa shape index (κ2) is 5.74. The topological polar surface area (TPSA) is 55.1 Å². The number of carboxylic acid groups (broad SMARTS) is 1. The SMILES string of the molecule is C=Cc1cccc(CC)c1-n1c(C(=O)O)cnc1CC. The number of aryl methyl sites for hydroxylation is 2. The van der Waals surface area contributed by atoms with Crippen LogP contribution in [-0.4, -0.2) is 20.6 Å². The van der Waals surface area contributed by atoms with Gasteiger partial charge in [0.1, 0.15) is 5.82 Å². The van der Waals surface area contributed by atoms with Crippen LogP contribution in [0.25, 0.3) is 11.8 Å². The molecule has 2 rings (SSSR count). The highest BCUT2D eigenvalue weighted by Gasteiger charge is 2.19. The number of aromatic nitrogens is 2.